The average molecular weight is 339 g/mol. The van der Waals surface area contributed by atoms with Crippen molar-refractivity contribution in [1.82, 2.24) is 9.97 Å². The second-order valence-corrected chi connectivity index (χ2v) is 7.03. The maximum absolute atomic E-state index is 12.3. The molecular weight excluding hydrogens is 316 g/mol. The molecule has 0 aliphatic rings. The highest BCUT2D eigenvalue weighted by Crippen LogP contribution is 2.38. The van der Waals surface area contributed by atoms with E-state index in [4.69, 9.17) is 21.1 Å². The van der Waals surface area contributed by atoms with Crippen LogP contribution in [0, 0.1) is 20.8 Å². The average Bonchev–Trinajstić information content (AvgIpc) is 2.70. The third kappa shape index (κ3) is 3.35. The fourth-order valence-electron chi connectivity index (χ4n) is 2.56. The molecule has 2 rings (SSSR count). The molecule has 1 unspecified atom stereocenters. The van der Waals surface area contributed by atoms with Gasteiger partial charge in [0.05, 0.1) is 17.7 Å². The van der Waals surface area contributed by atoms with E-state index >= 15 is 0 Å². The lowest BCUT2D eigenvalue weighted by Gasteiger charge is -2.27. The molecule has 2 aromatic rings. The third-order valence-corrected chi connectivity index (χ3v) is 4.15. The van der Waals surface area contributed by atoms with Gasteiger partial charge in [-0.15, -0.1) is 0 Å². The Kier molecular flexibility index (Phi) is 4.74. The van der Waals surface area contributed by atoms with Crippen molar-refractivity contribution in [3.05, 3.63) is 27.5 Å². The number of pyridine rings is 1. The lowest BCUT2D eigenvalue weighted by molar-refractivity contribution is -0.164. The summed E-state index contributed by atoms with van der Waals surface area (Å²) in [6.07, 6.45) is -0.918. The quantitative estimate of drug-likeness (QED) is 0.853. The smallest absolute Gasteiger partial charge is 0.339 e. The lowest BCUT2D eigenvalue weighted by Crippen LogP contribution is -2.29. The number of halogens is 1. The second kappa shape index (κ2) is 6.13. The van der Waals surface area contributed by atoms with Crippen LogP contribution in [0.15, 0.2) is 0 Å². The summed E-state index contributed by atoms with van der Waals surface area (Å²) in [5.74, 6) is -0.490. The molecule has 6 heteroatoms. The van der Waals surface area contributed by atoms with Crippen LogP contribution >= 0.6 is 11.6 Å². The van der Waals surface area contributed by atoms with Crippen LogP contribution in [0.3, 0.4) is 0 Å². The monoisotopic (exact) mass is 338 g/mol. The molecule has 0 fully saturated rings. The SMILES string of the molecule is COC(=O)C(OC(C)(C)C)c1c(C)nc2[nH]c(C)c(C)c2c1Cl. The van der Waals surface area contributed by atoms with Crippen molar-refractivity contribution in [2.24, 2.45) is 0 Å². The van der Waals surface area contributed by atoms with Gasteiger partial charge in [-0.3, -0.25) is 0 Å². The topological polar surface area (TPSA) is 64.2 Å². The Hall–Kier alpha value is -1.59. The summed E-state index contributed by atoms with van der Waals surface area (Å²) in [6.45, 7) is 11.4. The highest BCUT2D eigenvalue weighted by Gasteiger charge is 2.33. The number of H-pyrrole nitrogens is 1. The van der Waals surface area contributed by atoms with Crippen LogP contribution < -0.4 is 0 Å². The van der Waals surface area contributed by atoms with Gasteiger partial charge in [0.15, 0.2) is 6.10 Å². The Labute approximate surface area is 141 Å². The summed E-state index contributed by atoms with van der Waals surface area (Å²) in [6, 6.07) is 0. The van der Waals surface area contributed by atoms with E-state index in [1.165, 1.54) is 7.11 Å². The Bertz CT molecular complexity index is 760. The molecule has 2 aromatic heterocycles. The molecule has 23 heavy (non-hydrogen) atoms. The van der Waals surface area contributed by atoms with Crippen molar-refractivity contribution in [3.8, 4) is 0 Å². The molecule has 0 saturated carbocycles. The molecule has 2 heterocycles. The summed E-state index contributed by atoms with van der Waals surface area (Å²) in [5, 5.41) is 1.30. The molecular formula is C17H23ClN2O3. The van der Waals surface area contributed by atoms with Gasteiger partial charge in [0, 0.05) is 22.3 Å². The van der Waals surface area contributed by atoms with Gasteiger partial charge in [-0.1, -0.05) is 11.6 Å². The number of methoxy groups -OCH3 is 1. The van der Waals surface area contributed by atoms with Gasteiger partial charge < -0.3 is 14.5 Å². The number of ether oxygens (including phenoxy) is 2. The first-order valence-corrected chi connectivity index (χ1v) is 7.85. The summed E-state index contributed by atoms with van der Waals surface area (Å²) < 4.78 is 10.8. The third-order valence-electron chi connectivity index (χ3n) is 3.75. The van der Waals surface area contributed by atoms with E-state index in [1.54, 1.807) is 0 Å². The largest absolute Gasteiger partial charge is 0.467 e. The summed E-state index contributed by atoms with van der Waals surface area (Å²) in [7, 11) is 1.34. The van der Waals surface area contributed by atoms with Crippen molar-refractivity contribution >= 4 is 28.6 Å². The van der Waals surface area contributed by atoms with Gasteiger partial charge in [-0.25, -0.2) is 9.78 Å². The van der Waals surface area contributed by atoms with Gasteiger partial charge in [-0.2, -0.15) is 0 Å². The van der Waals surface area contributed by atoms with E-state index in [0.29, 0.717) is 21.9 Å². The molecule has 0 amide bonds. The molecule has 126 valence electrons. The molecule has 0 spiro atoms. The van der Waals surface area contributed by atoms with Crippen LogP contribution in [-0.2, 0) is 14.3 Å². The number of hydrogen-bond donors (Lipinski definition) is 1. The number of aromatic nitrogens is 2. The molecule has 0 aliphatic carbocycles. The van der Waals surface area contributed by atoms with Gasteiger partial charge >= 0.3 is 5.97 Å². The molecule has 1 atom stereocenters. The van der Waals surface area contributed by atoms with E-state index in [1.807, 2.05) is 41.5 Å². The number of fused-ring (bicyclic) bond motifs is 1. The van der Waals surface area contributed by atoms with E-state index in [2.05, 4.69) is 9.97 Å². The van der Waals surface area contributed by atoms with Crippen molar-refractivity contribution in [1.29, 1.82) is 0 Å². The van der Waals surface area contributed by atoms with Gasteiger partial charge in [0.2, 0.25) is 0 Å². The zero-order valence-corrected chi connectivity index (χ0v) is 15.4. The fourth-order valence-corrected chi connectivity index (χ4v) is 3.03. The number of aryl methyl sites for hydroxylation is 3. The standard InChI is InChI=1S/C17H23ClN2O3/c1-8-9(2)19-15-11(8)13(18)12(10(3)20-15)14(16(21)22-7)23-17(4,5)6/h14H,1-7H3,(H,19,20). The maximum Gasteiger partial charge on any atom is 0.339 e. The summed E-state index contributed by atoms with van der Waals surface area (Å²) >= 11 is 6.64. The highest BCUT2D eigenvalue weighted by molar-refractivity contribution is 6.36. The maximum atomic E-state index is 12.3. The van der Waals surface area contributed by atoms with Gasteiger partial charge in [0.25, 0.3) is 0 Å². The zero-order valence-electron chi connectivity index (χ0n) is 14.6. The number of esters is 1. The van der Waals surface area contributed by atoms with Crippen LogP contribution in [-0.4, -0.2) is 28.6 Å². The van der Waals surface area contributed by atoms with E-state index in [0.717, 1.165) is 16.6 Å². The van der Waals surface area contributed by atoms with Crippen molar-refractivity contribution < 1.29 is 14.3 Å². The van der Waals surface area contributed by atoms with E-state index in [-0.39, 0.29) is 0 Å². The van der Waals surface area contributed by atoms with E-state index in [9.17, 15) is 4.79 Å². The molecule has 0 bridgehead atoms. The van der Waals surface area contributed by atoms with Crippen molar-refractivity contribution in [2.75, 3.05) is 7.11 Å². The minimum absolute atomic E-state index is 0.481. The lowest BCUT2D eigenvalue weighted by atomic mass is 10.0. The number of carbonyl (C=O) groups is 1. The van der Waals surface area contributed by atoms with Gasteiger partial charge in [0.1, 0.15) is 5.65 Å². The predicted molar refractivity (Wildman–Crippen MR) is 90.9 cm³/mol. The zero-order chi connectivity index (χ0) is 17.5. The molecule has 0 radical (unpaired) electrons. The molecule has 1 N–H and O–H groups in total. The Morgan fingerprint density at radius 1 is 1.26 bits per heavy atom. The van der Waals surface area contributed by atoms with Crippen LogP contribution in [0.2, 0.25) is 5.02 Å². The second-order valence-electron chi connectivity index (χ2n) is 6.66. The molecule has 0 aromatic carbocycles. The molecule has 0 aliphatic heterocycles. The number of hydrogen-bond acceptors (Lipinski definition) is 4. The van der Waals surface area contributed by atoms with Crippen LogP contribution in [0.4, 0.5) is 0 Å². The molecule has 0 saturated heterocycles. The van der Waals surface area contributed by atoms with Crippen molar-refractivity contribution in [3.63, 3.8) is 0 Å². The first kappa shape index (κ1) is 17.8. The van der Waals surface area contributed by atoms with Gasteiger partial charge in [-0.05, 0) is 47.1 Å². The number of carbonyl (C=O) groups excluding carboxylic acids is 1. The Morgan fingerprint density at radius 2 is 1.87 bits per heavy atom. The van der Waals surface area contributed by atoms with Crippen LogP contribution in [0.25, 0.3) is 11.0 Å². The number of rotatable bonds is 3. The summed E-state index contributed by atoms with van der Waals surface area (Å²) in [5.41, 5.74) is 3.39. The first-order valence-electron chi connectivity index (χ1n) is 7.47. The predicted octanol–water partition coefficient (Wildman–Crippen LogP) is 4.17. The molecule has 5 nitrogen and oxygen atoms in total. The highest BCUT2D eigenvalue weighted by atomic mass is 35.5. The number of aromatic amines is 1. The Morgan fingerprint density at radius 3 is 2.39 bits per heavy atom. The first-order chi connectivity index (χ1) is 10.6. The summed E-state index contributed by atoms with van der Waals surface area (Å²) in [4.78, 5) is 20.1. The number of nitrogens with zero attached hydrogens (tertiary/aromatic N) is 1. The minimum atomic E-state index is -0.918. The van der Waals surface area contributed by atoms with E-state index < -0.39 is 17.7 Å². The normalized spacial score (nSPS) is 13.4. The van der Waals surface area contributed by atoms with Crippen LogP contribution in [0.5, 0.6) is 0 Å². The van der Waals surface area contributed by atoms with Crippen LogP contribution in [0.1, 0.15) is 49.4 Å². The van der Waals surface area contributed by atoms with Crippen molar-refractivity contribution in [2.45, 2.75) is 53.2 Å². The minimum Gasteiger partial charge on any atom is -0.467 e. The fraction of sp³-hybridized carbons (Fsp3) is 0.529. The Balaban J connectivity index is 2.72. The number of nitrogens with one attached hydrogen (secondary N) is 1.